The van der Waals surface area contributed by atoms with Gasteiger partial charge in [0.15, 0.2) is 5.78 Å². The third kappa shape index (κ3) is 1.70. The number of aromatic nitrogens is 1. The number of likely N-dealkylation sites (N-methyl/N-ethyl adjacent to an activating group) is 1. The molecule has 14 heavy (non-hydrogen) atoms. The van der Waals surface area contributed by atoms with Gasteiger partial charge in [-0.2, -0.15) is 0 Å². The molecular weight excluding hydrogens is 180 g/mol. The number of likely N-dealkylation sites (tertiary alicyclic amines) is 1. The van der Waals surface area contributed by atoms with Gasteiger partial charge in [-0.25, -0.2) is 0 Å². The molecule has 0 spiro atoms. The van der Waals surface area contributed by atoms with Crippen molar-refractivity contribution in [1.82, 2.24) is 10.1 Å². The van der Waals surface area contributed by atoms with Crippen molar-refractivity contribution in [2.45, 2.75) is 25.8 Å². The van der Waals surface area contributed by atoms with E-state index in [1.165, 1.54) is 0 Å². The minimum atomic E-state index is -0.000463. The lowest BCUT2D eigenvalue weighted by Crippen LogP contribution is -2.31. The first kappa shape index (κ1) is 9.40. The van der Waals surface area contributed by atoms with Crippen molar-refractivity contribution >= 4 is 5.78 Å². The number of ketones is 1. The van der Waals surface area contributed by atoms with Crippen LogP contribution in [0, 0.1) is 6.92 Å². The first-order valence-corrected chi connectivity index (χ1v) is 4.82. The van der Waals surface area contributed by atoms with Crippen molar-refractivity contribution in [1.29, 1.82) is 0 Å². The zero-order chi connectivity index (χ0) is 10.1. The second-order valence-corrected chi connectivity index (χ2v) is 3.85. The van der Waals surface area contributed by atoms with Crippen molar-refractivity contribution in [3.8, 4) is 0 Å². The van der Waals surface area contributed by atoms with Crippen LogP contribution >= 0.6 is 0 Å². The fourth-order valence-electron chi connectivity index (χ4n) is 1.84. The molecule has 4 nitrogen and oxygen atoms in total. The van der Waals surface area contributed by atoms with Gasteiger partial charge >= 0.3 is 0 Å². The molecule has 0 saturated carbocycles. The molecule has 0 amide bonds. The van der Waals surface area contributed by atoms with E-state index in [1.807, 2.05) is 20.0 Å². The standard InChI is InChI=1S/C10H14N2O2/c1-7-5-8(11-14-7)6-9-10(13)3-4-12(9)2/h5,9H,3-4,6H2,1-2H3. The highest BCUT2D eigenvalue weighted by atomic mass is 16.5. The molecule has 1 saturated heterocycles. The summed E-state index contributed by atoms with van der Waals surface area (Å²) < 4.78 is 4.97. The smallest absolute Gasteiger partial charge is 0.151 e. The Kier molecular flexibility index (Phi) is 2.37. The Morgan fingerprint density at radius 2 is 2.50 bits per heavy atom. The van der Waals surface area contributed by atoms with Crippen LogP contribution in [0.2, 0.25) is 0 Å². The molecular formula is C10H14N2O2. The van der Waals surface area contributed by atoms with Crippen molar-refractivity contribution in [3.05, 3.63) is 17.5 Å². The summed E-state index contributed by atoms with van der Waals surface area (Å²) in [5.41, 5.74) is 0.870. The summed E-state index contributed by atoms with van der Waals surface area (Å²) in [5, 5.41) is 3.89. The molecule has 0 N–H and O–H groups in total. The highest BCUT2D eigenvalue weighted by Crippen LogP contribution is 2.16. The minimum absolute atomic E-state index is 0.000463. The Morgan fingerprint density at radius 3 is 3.00 bits per heavy atom. The summed E-state index contributed by atoms with van der Waals surface area (Å²) in [5.74, 6) is 1.11. The molecule has 2 heterocycles. The van der Waals surface area contributed by atoms with E-state index in [9.17, 15) is 4.79 Å². The number of carbonyl (C=O) groups is 1. The average Bonchev–Trinajstić information content (AvgIpc) is 2.67. The SMILES string of the molecule is Cc1cc(CC2C(=O)CCN2C)no1. The van der Waals surface area contributed by atoms with Crippen molar-refractivity contribution < 1.29 is 9.32 Å². The van der Waals surface area contributed by atoms with Crippen LogP contribution in [0.3, 0.4) is 0 Å². The zero-order valence-corrected chi connectivity index (χ0v) is 8.49. The van der Waals surface area contributed by atoms with Crippen LogP contribution in [0.15, 0.2) is 10.6 Å². The number of Topliss-reactive ketones (excluding diaryl/α,β-unsaturated/α-hetero) is 1. The molecule has 0 aliphatic carbocycles. The van der Waals surface area contributed by atoms with Gasteiger partial charge in [0.05, 0.1) is 11.7 Å². The number of carbonyl (C=O) groups excluding carboxylic acids is 1. The molecule has 1 aliphatic rings. The third-order valence-electron chi connectivity index (χ3n) is 2.69. The second kappa shape index (κ2) is 3.53. The van der Waals surface area contributed by atoms with Crippen LogP contribution in [0.4, 0.5) is 0 Å². The highest BCUT2D eigenvalue weighted by molar-refractivity contribution is 5.86. The van der Waals surface area contributed by atoms with Crippen LogP contribution in [-0.2, 0) is 11.2 Å². The lowest BCUT2D eigenvalue weighted by Gasteiger charge is -2.15. The van der Waals surface area contributed by atoms with Crippen molar-refractivity contribution in [3.63, 3.8) is 0 Å². The summed E-state index contributed by atoms with van der Waals surface area (Å²) in [6, 6.07) is 1.89. The van der Waals surface area contributed by atoms with Gasteiger partial charge in [-0.1, -0.05) is 5.16 Å². The van der Waals surface area contributed by atoms with E-state index in [-0.39, 0.29) is 6.04 Å². The summed E-state index contributed by atoms with van der Waals surface area (Å²) in [7, 11) is 1.97. The monoisotopic (exact) mass is 194 g/mol. The molecule has 0 radical (unpaired) electrons. The molecule has 1 unspecified atom stereocenters. The minimum Gasteiger partial charge on any atom is -0.361 e. The molecule has 2 rings (SSSR count). The molecule has 1 fully saturated rings. The largest absolute Gasteiger partial charge is 0.361 e. The molecule has 1 aromatic heterocycles. The maximum atomic E-state index is 11.5. The van der Waals surface area contributed by atoms with E-state index in [1.54, 1.807) is 0 Å². The Morgan fingerprint density at radius 1 is 1.71 bits per heavy atom. The second-order valence-electron chi connectivity index (χ2n) is 3.85. The first-order valence-electron chi connectivity index (χ1n) is 4.82. The molecule has 1 atom stereocenters. The fraction of sp³-hybridized carbons (Fsp3) is 0.600. The predicted octanol–water partition coefficient (Wildman–Crippen LogP) is 0.799. The summed E-state index contributed by atoms with van der Waals surface area (Å²) in [4.78, 5) is 13.6. The van der Waals surface area contributed by atoms with E-state index in [2.05, 4.69) is 10.1 Å². The van der Waals surface area contributed by atoms with Gasteiger partial charge in [0.2, 0.25) is 0 Å². The fourth-order valence-corrected chi connectivity index (χ4v) is 1.84. The Hall–Kier alpha value is -1.16. The van der Waals surface area contributed by atoms with E-state index in [0.717, 1.165) is 18.0 Å². The van der Waals surface area contributed by atoms with E-state index < -0.39 is 0 Å². The Bertz CT molecular complexity index is 346. The van der Waals surface area contributed by atoms with Gasteiger partial charge in [0, 0.05) is 25.5 Å². The van der Waals surface area contributed by atoms with E-state index in [4.69, 9.17) is 4.52 Å². The van der Waals surface area contributed by atoms with Crippen LogP contribution in [-0.4, -0.2) is 35.5 Å². The van der Waals surface area contributed by atoms with Crippen molar-refractivity contribution in [2.24, 2.45) is 0 Å². The quantitative estimate of drug-likeness (QED) is 0.698. The lowest BCUT2D eigenvalue weighted by atomic mass is 10.1. The Labute approximate surface area is 82.9 Å². The molecule has 4 heteroatoms. The number of rotatable bonds is 2. The topological polar surface area (TPSA) is 46.3 Å². The van der Waals surface area contributed by atoms with E-state index in [0.29, 0.717) is 18.6 Å². The van der Waals surface area contributed by atoms with Gasteiger partial charge in [-0.15, -0.1) is 0 Å². The van der Waals surface area contributed by atoms with Crippen LogP contribution in [0.25, 0.3) is 0 Å². The van der Waals surface area contributed by atoms with Gasteiger partial charge in [-0.05, 0) is 14.0 Å². The summed E-state index contributed by atoms with van der Waals surface area (Å²) >= 11 is 0. The number of nitrogens with zero attached hydrogens (tertiary/aromatic N) is 2. The number of hydrogen-bond acceptors (Lipinski definition) is 4. The van der Waals surface area contributed by atoms with Crippen molar-refractivity contribution in [2.75, 3.05) is 13.6 Å². The van der Waals surface area contributed by atoms with Crippen LogP contribution in [0.1, 0.15) is 17.9 Å². The predicted molar refractivity (Wildman–Crippen MR) is 51.0 cm³/mol. The molecule has 76 valence electrons. The van der Waals surface area contributed by atoms with E-state index >= 15 is 0 Å². The van der Waals surface area contributed by atoms with Gasteiger partial charge in [0.1, 0.15) is 5.76 Å². The maximum absolute atomic E-state index is 11.5. The Balaban J connectivity index is 2.06. The van der Waals surface area contributed by atoms with Gasteiger partial charge in [-0.3, -0.25) is 9.69 Å². The third-order valence-corrected chi connectivity index (χ3v) is 2.69. The maximum Gasteiger partial charge on any atom is 0.151 e. The molecule has 0 bridgehead atoms. The normalized spacial score (nSPS) is 23.3. The number of aryl methyl sites for hydroxylation is 1. The van der Waals surface area contributed by atoms with Crippen LogP contribution in [0.5, 0.6) is 0 Å². The lowest BCUT2D eigenvalue weighted by molar-refractivity contribution is -0.119. The average molecular weight is 194 g/mol. The van der Waals surface area contributed by atoms with Crippen LogP contribution < -0.4 is 0 Å². The van der Waals surface area contributed by atoms with Gasteiger partial charge < -0.3 is 4.52 Å². The molecule has 1 aromatic rings. The summed E-state index contributed by atoms with van der Waals surface area (Å²) in [6.07, 6.45) is 1.34. The zero-order valence-electron chi connectivity index (χ0n) is 8.49. The molecule has 0 aromatic carbocycles. The first-order chi connectivity index (χ1) is 6.66. The molecule has 1 aliphatic heterocycles. The van der Waals surface area contributed by atoms with Gasteiger partial charge in [0.25, 0.3) is 0 Å². The number of hydrogen-bond donors (Lipinski definition) is 0. The highest BCUT2D eigenvalue weighted by Gasteiger charge is 2.30. The summed E-state index contributed by atoms with van der Waals surface area (Å²) in [6.45, 7) is 2.72.